The zero-order chi connectivity index (χ0) is 30.0. The van der Waals surface area contributed by atoms with Crippen molar-refractivity contribution in [3.05, 3.63) is 93.5 Å². The standard InChI is InChI=1S/C31H37NO7S/c1-18-11-19(2)14-23(13-18)29(33)37-25-10-9-22(27(39-40(8,35)36)28(32)31(5,6)7)17-26(25)38-30(34)24-15-20(3)12-21(4)16-24/h9-17,27-28H,32H2,1-8H3. The molecule has 3 rings (SSSR count). The van der Waals surface area contributed by atoms with Crippen LogP contribution in [0.5, 0.6) is 11.5 Å². The summed E-state index contributed by atoms with van der Waals surface area (Å²) in [5.74, 6) is -1.41. The summed E-state index contributed by atoms with van der Waals surface area (Å²) >= 11 is 0. The molecule has 0 bridgehead atoms. The van der Waals surface area contributed by atoms with Crippen LogP contribution in [0.15, 0.2) is 54.6 Å². The Kier molecular flexibility index (Phi) is 9.24. The van der Waals surface area contributed by atoms with E-state index in [4.69, 9.17) is 19.4 Å². The van der Waals surface area contributed by atoms with Crippen LogP contribution in [0.25, 0.3) is 0 Å². The number of carbonyl (C=O) groups excluding carboxylic acids is 2. The summed E-state index contributed by atoms with van der Waals surface area (Å²) in [7, 11) is -3.91. The number of hydrogen-bond donors (Lipinski definition) is 1. The van der Waals surface area contributed by atoms with E-state index in [1.807, 2.05) is 60.6 Å². The van der Waals surface area contributed by atoms with Gasteiger partial charge >= 0.3 is 11.9 Å². The first-order valence-electron chi connectivity index (χ1n) is 12.8. The molecule has 0 spiro atoms. The molecule has 2 unspecified atom stereocenters. The zero-order valence-corrected chi connectivity index (χ0v) is 25.0. The SMILES string of the molecule is Cc1cc(C)cc(C(=O)Oc2ccc(C(OS(C)(=O)=O)C(N)C(C)(C)C)cc2OC(=O)c2cc(C)cc(C)c2)c1. The lowest BCUT2D eigenvalue weighted by molar-refractivity contribution is 0.0681. The second kappa shape index (κ2) is 11.9. The molecule has 2 N–H and O–H groups in total. The number of esters is 2. The van der Waals surface area contributed by atoms with Crippen LogP contribution in [0.3, 0.4) is 0 Å². The predicted molar refractivity (Wildman–Crippen MR) is 154 cm³/mol. The van der Waals surface area contributed by atoms with Gasteiger partial charge in [-0.15, -0.1) is 0 Å². The van der Waals surface area contributed by atoms with Crippen LogP contribution < -0.4 is 15.2 Å². The highest BCUT2D eigenvalue weighted by molar-refractivity contribution is 7.86. The first-order chi connectivity index (χ1) is 18.4. The average Bonchev–Trinajstić information content (AvgIpc) is 2.80. The van der Waals surface area contributed by atoms with Gasteiger partial charge in [-0.25, -0.2) is 9.59 Å². The maximum atomic E-state index is 13.2. The van der Waals surface area contributed by atoms with E-state index < -0.39 is 39.6 Å². The minimum atomic E-state index is -3.91. The Morgan fingerprint density at radius 1 is 0.725 bits per heavy atom. The van der Waals surface area contributed by atoms with Crippen molar-refractivity contribution in [2.75, 3.05) is 6.26 Å². The molecule has 0 aliphatic heterocycles. The monoisotopic (exact) mass is 567 g/mol. The molecule has 0 fully saturated rings. The molecule has 0 aromatic heterocycles. The summed E-state index contributed by atoms with van der Waals surface area (Å²) in [5.41, 5.74) is 10.4. The minimum absolute atomic E-state index is 0.0203. The summed E-state index contributed by atoms with van der Waals surface area (Å²) in [6.07, 6.45) is -0.158. The lowest BCUT2D eigenvalue weighted by Gasteiger charge is -2.33. The molecule has 0 saturated carbocycles. The fourth-order valence-corrected chi connectivity index (χ4v) is 4.94. The Morgan fingerprint density at radius 2 is 1.15 bits per heavy atom. The molecule has 0 aliphatic carbocycles. The van der Waals surface area contributed by atoms with E-state index in [2.05, 4.69) is 0 Å². The summed E-state index contributed by atoms with van der Waals surface area (Å²) in [5, 5.41) is 0. The van der Waals surface area contributed by atoms with E-state index in [9.17, 15) is 18.0 Å². The molecule has 2 atom stereocenters. The molecular weight excluding hydrogens is 530 g/mol. The lowest BCUT2D eigenvalue weighted by atomic mass is 9.82. The van der Waals surface area contributed by atoms with Gasteiger partial charge in [-0.2, -0.15) is 8.42 Å². The van der Waals surface area contributed by atoms with Crippen molar-refractivity contribution in [2.24, 2.45) is 11.1 Å². The molecule has 0 heterocycles. The van der Waals surface area contributed by atoms with Crippen molar-refractivity contribution in [1.29, 1.82) is 0 Å². The van der Waals surface area contributed by atoms with Gasteiger partial charge in [0.1, 0.15) is 6.10 Å². The molecule has 0 aliphatic rings. The lowest BCUT2D eigenvalue weighted by Crippen LogP contribution is -2.42. The van der Waals surface area contributed by atoms with Gasteiger partial charge in [0.15, 0.2) is 11.5 Å². The van der Waals surface area contributed by atoms with Crippen LogP contribution in [0.2, 0.25) is 0 Å². The molecule has 3 aromatic carbocycles. The fourth-order valence-electron chi connectivity index (χ4n) is 4.33. The van der Waals surface area contributed by atoms with Crippen LogP contribution in [-0.2, 0) is 14.3 Å². The van der Waals surface area contributed by atoms with Gasteiger partial charge in [-0.05, 0) is 75.1 Å². The number of carbonyl (C=O) groups is 2. The number of aryl methyl sites for hydroxylation is 4. The average molecular weight is 568 g/mol. The molecular formula is C31H37NO7S. The second-order valence-corrected chi connectivity index (χ2v) is 13.0. The van der Waals surface area contributed by atoms with Crippen LogP contribution in [0.4, 0.5) is 0 Å². The van der Waals surface area contributed by atoms with Gasteiger partial charge in [0.2, 0.25) is 0 Å². The topological polar surface area (TPSA) is 122 Å². The summed E-state index contributed by atoms with van der Waals surface area (Å²) in [6, 6.07) is 14.3. The van der Waals surface area contributed by atoms with Gasteiger partial charge in [-0.3, -0.25) is 4.18 Å². The molecule has 40 heavy (non-hydrogen) atoms. The van der Waals surface area contributed by atoms with Gasteiger partial charge in [0.25, 0.3) is 10.1 Å². The predicted octanol–water partition coefficient (Wildman–Crippen LogP) is 5.75. The van der Waals surface area contributed by atoms with Crippen molar-refractivity contribution >= 4 is 22.1 Å². The minimum Gasteiger partial charge on any atom is -0.419 e. The first kappa shape index (κ1) is 31.0. The molecule has 8 nitrogen and oxygen atoms in total. The van der Waals surface area contributed by atoms with Gasteiger partial charge in [0, 0.05) is 6.04 Å². The molecule has 0 amide bonds. The Labute approximate surface area is 236 Å². The summed E-state index contributed by atoms with van der Waals surface area (Å²) < 4.78 is 41.1. The fraction of sp³-hybridized carbons (Fsp3) is 0.355. The van der Waals surface area contributed by atoms with E-state index in [0.29, 0.717) is 16.7 Å². The molecule has 0 radical (unpaired) electrons. The number of ether oxygens (including phenoxy) is 2. The Balaban J connectivity index is 2.10. The molecule has 3 aromatic rings. The third-order valence-electron chi connectivity index (χ3n) is 6.22. The number of benzene rings is 3. The van der Waals surface area contributed by atoms with Crippen LogP contribution in [0, 0.1) is 33.1 Å². The van der Waals surface area contributed by atoms with Gasteiger partial charge < -0.3 is 15.2 Å². The maximum Gasteiger partial charge on any atom is 0.343 e. The molecule has 9 heteroatoms. The van der Waals surface area contributed by atoms with E-state index in [1.165, 1.54) is 12.1 Å². The van der Waals surface area contributed by atoms with E-state index >= 15 is 0 Å². The third kappa shape index (κ3) is 8.24. The van der Waals surface area contributed by atoms with Crippen LogP contribution >= 0.6 is 0 Å². The Hall–Kier alpha value is -3.53. The normalized spacial score (nSPS) is 13.4. The largest absolute Gasteiger partial charge is 0.419 e. The highest BCUT2D eigenvalue weighted by Crippen LogP contribution is 2.38. The number of rotatable bonds is 8. The van der Waals surface area contributed by atoms with Gasteiger partial charge in [0.05, 0.1) is 17.4 Å². The number of nitrogens with two attached hydrogens (primary N) is 1. The molecule has 0 saturated heterocycles. The third-order valence-corrected chi connectivity index (χ3v) is 6.78. The smallest absolute Gasteiger partial charge is 0.343 e. The van der Waals surface area contributed by atoms with Crippen molar-refractivity contribution in [3.63, 3.8) is 0 Å². The van der Waals surface area contributed by atoms with Gasteiger partial charge in [-0.1, -0.05) is 61.2 Å². The first-order valence-corrected chi connectivity index (χ1v) is 14.6. The van der Waals surface area contributed by atoms with Crippen molar-refractivity contribution in [1.82, 2.24) is 0 Å². The Morgan fingerprint density at radius 3 is 1.55 bits per heavy atom. The molecule has 214 valence electrons. The Bertz CT molecular complexity index is 1500. The number of hydrogen-bond acceptors (Lipinski definition) is 8. The zero-order valence-electron chi connectivity index (χ0n) is 24.2. The highest BCUT2D eigenvalue weighted by Gasteiger charge is 2.34. The quantitative estimate of drug-likeness (QED) is 0.207. The summed E-state index contributed by atoms with van der Waals surface area (Å²) in [4.78, 5) is 26.3. The maximum absolute atomic E-state index is 13.2. The van der Waals surface area contributed by atoms with E-state index in [1.54, 1.807) is 30.3 Å². The van der Waals surface area contributed by atoms with E-state index in [-0.39, 0.29) is 11.5 Å². The van der Waals surface area contributed by atoms with Crippen LogP contribution in [0.1, 0.15) is 75.4 Å². The van der Waals surface area contributed by atoms with Crippen molar-refractivity contribution < 1.29 is 31.7 Å². The van der Waals surface area contributed by atoms with Crippen molar-refractivity contribution in [3.8, 4) is 11.5 Å². The van der Waals surface area contributed by atoms with Crippen molar-refractivity contribution in [2.45, 2.75) is 60.6 Å². The van der Waals surface area contributed by atoms with E-state index in [0.717, 1.165) is 28.5 Å². The van der Waals surface area contributed by atoms with Crippen LogP contribution in [-0.4, -0.2) is 32.7 Å². The highest BCUT2D eigenvalue weighted by atomic mass is 32.2. The second-order valence-electron chi connectivity index (χ2n) is 11.4. The summed E-state index contributed by atoms with van der Waals surface area (Å²) in [6.45, 7) is 13.0.